The van der Waals surface area contributed by atoms with Crippen molar-refractivity contribution in [1.29, 1.82) is 0 Å². The van der Waals surface area contributed by atoms with E-state index in [1.165, 1.54) is 4.90 Å². The predicted molar refractivity (Wildman–Crippen MR) is 104 cm³/mol. The van der Waals surface area contributed by atoms with Crippen molar-refractivity contribution in [3.8, 4) is 0 Å². The molecule has 1 N–H and O–H groups in total. The monoisotopic (exact) mass is 385 g/mol. The van der Waals surface area contributed by atoms with Crippen LogP contribution in [0.15, 0.2) is 48.8 Å². The lowest BCUT2D eigenvalue weighted by Gasteiger charge is -2.21. The van der Waals surface area contributed by atoms with Crippen LogP contribution in [0.2, 0.25) is 5.02 Å². The quantitative estimate of drug-likeness (QED) is 0.695. The first kappa shape index (κ1) is 18.9. The molecule has 0 bridgehead atoms. The Morgan fingerprint density at radius 3 is 2.63 bits per heavy atom. The second-order valence-electron chi connectivity index (χ2n) is 6.60. The van der Waals surface area contributed by atoms with Crippen LogP contribution < -0.4 is 0 Å². The zero-order valence-corrected chi connectivity index (χ0v) is 15.8. The van der Waals surface area contributed by atoms with Gasteiger partial charge in [-0.2, -0.15) is 0 Å². The molecule has 0 saturated carbocycles. The number of carbonyl (C=O) groups excluding carboxylic acids is 1. The summed E-state index contributed by atoms with van der Waals surface area (Å²) in [5, 5.41) is 9.71. The summed E-state index contributed by atoms with van der Waals surface area (Å²) < 4.78 is 2.02. The third kappa shape index (κ3) is 4.11. The second-order valence-corrected chi connectivity index (χ2v) is 7.00. The summed E-state index contributed by atoms with van der Waals surface area (Å²) in [6.07, 6.45) is 1.74. The number of amides is 1. The van der Waals surface area contributed by atoms with Crippen LogP contribution in [0.25, 0.3) is 11.0 Å². The molecule has 140 valence electrons. The number of benzene rings is 2. The Morgan fingerprint density at radius 1 is 1.22 bits per heavy atom. The van der Waals surface area contributed by atoms with E-state index in [0.717, 1.165) is 5.52 Å². The van der Waals surface area contributed by atoms with Crippen molar-refractivity contribution in [3.63, 3.8) is 0 Å². The van der Waals surface area contributed by atoms with Gasteiger partial charge >= 0.3 is 5.97 Å². The molecule has 27 heavy (non-hydrogen) atoms. The van der Waals surface area contributed by atoms with Gasteiger partial charge in [-0.3, -0.25) is 9.59 Å². The molecule has 0 aliphatic carbocycles. The van der Waals surface area contributed by atoms with Crippen LogP contribution in [0, 0.1) is 0 Å². The smallest absolute Gasteiger partial charge is 0.323 e. The largest absolute Gasteiger partial charge is 0.480 e. The Balaban J connectivity index is 1.92. The molecule has 1 aromatic heterocycles. The van der Waals surface area contributed by atoms with Crippen LogP contribution in [0.3, 0.4) is 0 Å². The maximum absolute atomic E-state index is 13.0. The van der Waals surface area contributed by atoms with E-state index in [1.54, 1.807) is 42.7 Å². The summed E-state index contributed by atoms with van der Waals surface area (Å²) in [5.74, 6) is -1.46. The molecular weight excluding hydrogens is 366 g/mol. The minimum absolute atomic E-state index is 0.114. The van der Waals surface area contributed by atoms with Crippen molar-refractivity contribution in [2.45, 2.75) is 26.4 Å². The third-order valence-corrected chi connectivity index (χ3v) is 4.68. The fourth-order valence-electron chi connectivity index (χ4n) is 2.95. The normalized spacial score (nSPS) is 11.1. The molecule has 0 unspecified atom stereocenters. The van der Waals surface area contributed by atoms with Crippen molar-refractivity contribution in [3.05, 3.63) is 64.9 Å². The zero-order valence-electron chi connectivity index (χ0n) is 15.1. The van der Waals surface area contributed by atoms with Crippen molar-refractivity contribution in [2.75, 3.05) is 6.54 Å². The van der Waals surface area contributed by atoms with Gasteiger partial charge in [-0.25, -0.2) is 4.98 Å². The van der Waals surface area contributed by atoms with Crippen molar-refractivity contribution in [1.82, 2.24) is 14.5 Å². The lowest BCUT2D eigenvalue weighted by atomic mass is 10.1. The molecule has 0 fully saturated rings. The first-order valence-electron chi connectivity index (χ1n) is 8.58. The predicted octanol–water partition coefficient (Wildman–Crippen LogP) is 4.00. The molecule has 0 aliphatic heterocycles. The molecule has 2 aromatic carbocycles. The maximum atomic E-state index is 13.0. The van der Waals surface area contributed by atoms with Crippen LogP contribution in [-0.4, -0.2) is 38.0 Å². The van der Waals surface area contributed by atoms with Crippen LogP contribution >= 0.6 is 11.6 Å². The van der Waals surface area contributed by atoms with Gasteiger partial charge in [-0.15, -0.1) is 0 Å². The number of halogens is 1. The summed E-state index contributed by atoms with van der Waals surface area (Å²) in [7, 11) is 0. The standard InChI is InChI=1S/C20H20ClN3O3/c1-13(2)24-12-22-17-9-14(7-8-18(17)24)20(27)23(11-19(25)26)10-15-5-3-4-6-16(15)21/h3-9,12-13H,10-11H2,1-2H3,(H,25,26). The SMILES string of the molecule is CC(C)n1cnc2cc(C(=O)N(CC(=O)O)Cc3ccccc3Cl)ccc21. The Kier molecular flexibility index (Phi) is 5.46. The maximum Gasteiger partial charge on any atom is 0.323 e. The minimum atomic E-state index is -1.08. The first-order chi connectivity index (χ1) is 12.9. The van der Waals surface area contributed by atoms with Crippen LogP contribution in [0.4, 0.5) is 0 Å². The number of carbonyl (C=O) groups is 2. The third-order valence-electron chi connectivity index (χ3n) is 4.31. The summed E-state index contributed by atoms with van der Waals surface area (Å²) >= 11 is 6.17. The van der Waals surface area contributed by atoms with Crippen LogP contribution in [-0.2, 0) is 11.3 Å². The van der Waals surface area contributed by atoms with Gasteiger partial charge in [0.05, 0.1) is 17.4 Å². The summed E-state index contributed by atoms with van der Waals surface area (Å²) in [4.78, 5) is 29.9. The minimum Gasteiger partial charge on any atom is -0.480 e. The van der Waals surface area contributed by atoms with E-state index in [0.29, 0.717) is 21.7 Å². The van der Waals surface area contributed by atoms with Gasteiger partial charge in [0.15, 0.2) is 0 Å². The summed E-state index contributed by atoms with van der Waals surface area (Å²) in [5.41, 5.74) is 2.71. The van der Waals surface area contributed by atoms with Gasteiger partial charge in [0, 0.05) is 23.2 Å². The average Bonchev–Trinajstić information content (AvgIpc) is 3.05. The molecule has 3 aromatic rings. The van der Waals surface area contributed by atoms with Crippen LogP contribution in [0.1, 0.15) is 35.8 Å². The molecule has 6 nitrogen and oxygen atoms in total. The van der Waals surface area contributed by atoms with E-state index in [1.807, 2.05) is 10.6 Å². The van der Waals surface area contributed by atoms with E-state index in [-0.39, 0.29) is 18.5 Å². The highest BCUT2D eigenvalue weighted by molar-refractivity contribution is 6.31. The molecule has 0 atom stereocenters. The van der Waals surface area contributed by atoms with Crippen molar-refractivity contribution < 1.29 is 14.7 Å². The molecule has 0 radical (unpaired) electrons. The highest BCUT2D eigenvalue weighted by Gasteiger charge is 2.21. The summed E-state index contributed by atoms with van der Waals surface area (Å²) in [6, 6.07) is 12.6. The van der Waals surface area contributed by atoms with E-state index < -0.39 is 12.5 Å². The molecular formula is C20H20ClN3O3. The van der Waals surface area contributed by atoms with E-state index >= 15 is 0 Å². The number of fused-ring (bicyclic) bond motifs is 1. The Hall–Kier alpha value is -2.86. The second kappa shape index (κ2) is 7.80. The van der Waals surface area contributed by atoms with E-state index in [2.05, 4.69) is 18.8 Å². The molecule has 0 aliphatic rings. The number of hydrogen-bond donors (Lipinski definition) is 1. The molecule has 7 heteroatoms. The van der Waals surface area contributed by atoms with Gasteiger partial charge in [0.1, 0.15) is 6.54 Å². The topological polar surface area (TPSA) is 75.4 Å². The fourth-order valence-corrected chi connectivity index (χ4v) is 3.15. The number of rotatable bonds is 6. The van der Waals surface area contributed by atoms with Gasteiger partial charge in [-0.05, 0) is 43.7 Å². The van der Waals surface area contributed by atoms with Gasteiger partial charge in [0.2, 0.25) is 0 Å². The number of carboxylic acid groups (broad SMARTS) is 1. The van der Waals surface area contributed by atoms with Crippen molar-refractivity contribution in [2.24, 2.45) is 0 Å². The number of nitrogens with zero attached hydrogens (tertiary/aromatic N) is 3. The highest BCUT2D eigenvalue weighted by atomic mass is 35.5. The number of hydrogen-bond acceptors (Lipinski definition) is 3. The molecule has 1 heterocycles. The molecule has 0 spiro atoms. The number of aromatic nitrogens is 2. The first-order valence-corrected chi connectivity index (χ1v) is 8.95. The Morgan fingerprint density at radius 2 is 1.96 bits per heavy atom. The molecule has 1 amide bonds. The zero-order chi connectivity index (χ0) is 19.6. The molecule has 0 saturated heterocycles. The number of aliphatic carboxylic acids is 1. The van der Waals surface area contributed by atoms with E-state index in [4.69, 9.17) is 11.6 Å². The number of carboxylic acids is 1. The lowest BCUT2D eigenvalue weighted by Crippen LogP contribution is -2.35. The Bertz CT molecular complexity index is 997. The van der Waals surface area contributed by atoms with Crippen molar-refractivity contribution >= 4 is 34.5 Å². The number of imidazole rings is 1. The average molecular weight is 386 g/mol. The molecule has 3 rings (SSSR count). The fraction of sp³-hybridized carbons (Fsp3) is 0.250. The van der Waals surface area contributed by atoms with Gasteiger partial charge < -0.3 is 14.6 Å². The lowest BCUT2D eigenvalue weighted by molar-refractivity contribution is -0.137. The highest BCUT2D eigenvalue weighted by Crippen LogP contribution is 2.22. The summed E-state index contributed by atoms with van der Waals surface area (Å²) in [6.45, 7) is 3.81. The van der Waals surface area contributed by atoms with Gasteiger partial charge in [0.25, 0.3) is 5.91 Å². The van der Waals surface area contributed by atoms with Crippen LogP contribution in [0.5, 0.6) is 0 Å². The Labute approximate surface area is 162 Å². The van der Waals surface area contributed by atoms with E-state index in [9.17, 15) is 14.7 Å². The van der Waals surface area contributed by atoms with Gasteiger partial charge in [-0.1, -0.05) is 29.8 Å².